The van der Waals surface area contributed by atoms with Gasteiger partial charge >= 0.3 is 0 Å². The van der Waals surface area contributed by atoms with Gasteiger partial charge in [-0.1, -0.05) is 77.9 Å². The molecule has 0 aliphatic carbocycles. The van der Waals surface area contributed by atoms with Crippen LogP contribution in [-0.2, 0) is 15.6 Å². The maximum Gasteiger partial charge on any atom is 0.108 e. The van der Waals surface area contributed by atoms with Crippen LogP contribution in [0.25, 0.3) is 0 Å². The van der Waals surface area contributed by atoms with E-state index in [0.29, 0.717) is 0 Å². The molecule has 0 N–H and O–H groups in total. The Morgan fingerprint density at radius 1 is 0.941 bits per heavy atom. The summed E-state index contributed by atoms with van der Waals surface area (Å²) < 4.78 is 9.04. The lowest BCUT2D eigenvalue weighted by molar-refractivity contribution is -0.437. The van der Waals surface area contributed by atoms with E-state index in [4.69, 9.17) is 9.73 Å². The number of rotatable bonds is 5. The Balaban J connectivity index is 1.85. The molecule has 0 aromatic heterocycles. The van der Waals surface area contributed by atoms with E-state index in [1.54, 1.807) is 0 Å². The van der Waals surface area contributed by atoms with Crippen molar-refractivity contribution in [2.45, 2.75) is 105 Å². The average molecular weight is 461 g/mol. The van der Waals surface area contributed by atoms with E-state index in [0.717, 1.165) is 30.7 Å². The number of aliphatic imine (C=N–C) groups is 1. The first-order chi connectivity index (χ1) is 15.9. The van der Waals surface area contributed by atoms with E-state index in [9.17, 15) is 0 Å². The van der Waals surface area contributed by atoms with Gasteiger partial charge in [-0.25, -0.2) is 0 Å². The number of hydrogen-bond acceptors (Lipinski definition) is 2. The Bertz CT molecular complexity index is 1040. The highest BCUT2D eigenvalue weighted by atomic mass is 16.5. The van der Waals surface area contributed by atoms with Gasteiger partial charge in [0.05, 0.1) is 23.9 Å². The van der Waals surface area contributed by atoms with Gasteiger partial charge in [-0.05, 0) is 74.1 Å². The van der Waals surface area contributed by atoms with Crippen LogP contribution in [0.4, 0.5) is 11.4 Å². The zero-order valence-corrected chi connectivity index (χ0v) is 22.8. The van der Waals surface area contributed by atoms with Gasteiger partial charge in [0, 0.05) is 11.9 Å². The number of nitrogens with zero attached hydrogens (tertiary/aromatic N) is 2. The smallest absolute Gasteiger partial charge is 0.108 e. The molecule has 0 amide bonds. The van der Waals surface area contributed by atoms with E-state index >= 15 is 0 Å². The Labute approximate surface area is 208 Å². The van der Waals surface area contributed by atoms with Gasteiger partial charge in [-0.3, -0.25) is 4.99 Å². The third kappa shape index (κ3) is 5.99. The van der Waals surface area contributed by atoms with Gasteiger partial charge in [0.25, 0.3) is 0 Å². The molecule has 0 spiro atoms. The van der Waals surface area contributed by atoms with Crippen LogP contribution in [0.1, 0.15) is 92.7 Å². The summed E-state index contributed by atoms with van der Waals surface area (Å²) in [6.45, 7) is 20.0. The normalized spacial score (nSPS) is 20.4. The molecule has 3 rings (SSSR count). The molecule has 1 aliphatic rings. The Hall–Kier alpha value is -2.39. The molecule has 2 atom stereocenters. The molecule has 184 valence electrons. The average Bonchev–Trinajstić information content (AvgIpc) is 2.79. The Morgan fingerprint density at radius 3 is 2.15 bits per heavy atom. The summed E-state index contributed by atoms with van der Waals surface area (Å²) in [5.41, 5.74) is 6.10. The monoisotopic (exact) mass is 460 g/mol. The van der Waals surface area contributed by atoms with Crippen LogP contribution < -0.4 is 0 Å². The molecule has 0 radical (unpaired) electrons. The minimum atomic E-state index is 0.0401. The van der Waals surface area contributed by atoms with Crippen LogP contribution >= 0.6 is 0 Å². The van der Waals surface area contributed by atoms with Crippen molar-refractivity contribution in [3.05, 3.63) is 65.7 Å². The van der Waals surface area contributed by atoms with Gasteiger partial charge < -0.3 is 9.31 Å². The quantitative estimate of drug-likeness (QED) is 0.250. The first-order valence-corrected chi connectivity index (χ1v) is 12.7. The SMILES string of the molecule is CC=[N+](c1ccccc1C(C)(C)C)[C-](C)C1CCCC(C(C)=Nc2ccccc2C(C)(C)C)O1. The van der Waals surface area contributed by atoms with Crippen molar-refractivity contribution in [2.24, 2.45) is 4.99 Å². The minimum Gasteiger partial charge on any atom is -0.371 e. The Morgan fingerprint density at radius 2 is 1.53 bits per heavy atom. The molecule has 3 heteroatoms. The fraction of sp³-hybridized carbons (Fsp3) is 0.516. The fourth-order valence-electron chi connectivity index (χ4n) is 4.91. The second-order valence-electron chi connectivity index (χ2n) is 11.6. The molecule has 34 heavy (non-hydrogen) atoms. The predicted molar refractivity (Wildman–Crippen MR) is 146 cm³/mol. The summed E-state index contributed by atoms with van der Waals surface area (Å²) in [6.07, 6.45) is 5.48. The standard InChI is InChI=1S/C31H44N2O/c1-10-33(27-19-14-12-17-25(27)31(7,8)9)23(3)29-21-15-20-28(34-29)22(2)32-26-18-13-11-16-24(26)30(4,5)6/h10-14,16-19,28-29H,15,20-21H2,1-9H3. The van der Waals surface area contributed by atoms with Gasteiger partial charge in [0.1, 0.15) is 5.69 Å². The van der Waals surface area contributed by atoms with Crippen LogP contribution in [0.2, 0.25) is 0 Å². The van der Waals surface area contributed by atoms with Crippen molar-refractivity contribution in [2.75, 3.05) is 0 Å². The first kappa shape index (κ1) is 26.2. The third-order valence-corrected chi connectivity index (χ3v) is 6.81. The molecule has 1 saturated heterocycles. The number of ether oxygens (including phenoxy) is 1. The van der Waals surface area contributed by atoms with Crippen LogP contribution in [0.5, 0.6) is 0 Å². The molecule has 1 fully saturated rings. The summed E-state index contributed by atoms with van der Waals surface area (Å²) in [5, 5.41) is 0. The second-order valence-corrected chi connectivity index (χ2v) is 11.6. The zero-order chi connectivity index (χ0) is 25.1. The highest BCUT2D eigenvalue weighted by molar-refractivity contribution is 5.89. The van der Waals surface area contributed by atoms with E-state index < -0.39 is 0 Å². The molecule has 1 aliphatic heterocycles. The summed E-state index contributed by atoms with van der Waals surface area (Å²) in [7, 11) is 0. The molecular weight excluding hydrogens is 416 g/mol. The maximum atomic E-state index is 6.71. The maximum absolute atomic E-state index is 6.71. The van der Waals surface area contributed by atoms with Crippen LogP contribution in [0, 0.1) is 6.04 Å². The minimum absolute atomic E-state index is 0.0401. The molecule has 1 heterocycles. The lowest BCUT2D eigenvalue weighted by Gasteiger charge is -2.36. The van der Waals surface area contributed by atoms with E-state index in [2.05, 4.69) is 122 Å². The molecular formula is C31H44N2O. The van der Waals surface area contributed by atoms with E-state index in [-0.39, 0.29) is 23.0 Å². The molecule has 2 aromatic rings. The van der Waals surface area contributed by atoms with Crippen molar-refractivity contribution in [1.29, 1.82) is 0 Å². The predicted octanol–water partition coefficient (Wildman–Crippen LogP) is 8.30. The second kappa shape index (κ2) is 10.5. The molecule has 0 bridgehead atoms. The lowest BCUT2D eigenvalue weighted by atomic mass is 9.85. The van der Waals surface area contributed by atoms with Crippen LogP contribution in [-0.4, -0.2) is 28.7 Å². The molecule has 3 nitrogen and oxygen atoms in total. The van der Waals surface area contributed by atoms with Crippen molar-refractivity contribution in [3.8, 4) is 0 Å². The van der Waals surface area contributed by atoms with E-state index in [1.165, 1.54) is 22.9 Å². The largest absolute Gasteiger partial charge is 0.371 e. The number of hydrogen-bond donors (Lipinski definition) is 0. The summed E-state index contributed by atoms with van der Waals surface area (Å²) in [5.74, 6) is 0. The highest BCUT2D eigenvalue weighted by Gasteiger charge is 2.32. The Kier molecular flexibility index (Phi) is 8.08. The number of benzene rings is 2. The van der Waals surface area contributed by atoms with E-state index in [1.807, 2.05) is 0 Å². The summed E-state index contributed by atoms with van der Waals surface area (Å²) in [4.78, 5) is 5.07. The first-order valence-electron chi connectivity index (χ1n) is 12.7. The number of para-hydroxylation sites is 2. The fourth-order valence-corrected chi connectivity index (χ4v) is 4.91. The van der Waals surface area contributed by atoms with Crippen molar-refractivity contribution in [1.82, 2.24) is 0 Å². The van der Waals surface area contributed by atoms with Gasteiger partial charge in [-0.2, -0.15) is 0 Å². The zero-order valence-electron chi connectivity index (χ0n) is 22.8. The van der Waals surface area contributed by atoms with Crippen molar-refractivity contribution >= 4 is 23.3 Å². The van der Waals surface area contributed by atoms with Gasteiger partial charge in [0.2, 0.25) is 0 Å². The van der Waals surface area contributed by atoms with Crippen molar-refractivity contribution < 1.29 is 9.31 Å². The van der Waals surface area contributed by atoms with Gasteiger partial charge in [-0.15, -0.1) is 0 Å². The molecule has 2 unspecified atom stereocenters. The van der Waals surface area contributed by atoms with Gasteiger partial charge in [0.15, 0.2) is 0 Å². The summed E-state index contributed by atoms with van der Waals surface area (Å²) in [6, 6.07) is 18.5. The van der Waals surface area contributed by atoms with Crippen molar-refractivity contribution in [3.63, 3.8) is 0 Å². The van der Waals surface area contributed by atoms with Crippen LogP contribution in [0.15, 0.2) is 53.5 Å². The summed E-state index contributed by atoms with van der Waals surface area (Å²) >= 11 is 0. The highest BCUT2D eigenvalue weighted by Crippen LogP contribution is 2.36. The van der Waals surface area contributed by atoms with Crippen LogP contribution in [0.3, 0.4) is 0 Å². The molecule has 0 saturated carbocycles. The molecule has 2 aromatic carbocycles. The third-order valence-electron chi connectivity index (χ3n) is 6.81. The topological polar surface area (TPSA) is 24.6 Å². The lowest BCUT2D eigenvalue weighted by Crippen LogP contribution is -2.38.